The van der Waals surface area contributed by atoms with E-state index >= 15 is 0 Å². The van der Waals surface area contributed by atoms with Crippen molar-refractivity contribution >= 4 is 5.91 Å². The molecule has 2 aromatic rings. The summed E-state index contributed by atoms with van der Waals surface area (Å²) < 4.78 is 10.7. The molecule has 2 N–H and O–H groups in total. The molecule has 7 nitrogen and oxygen atoms in total. The third-order valence-corrected chi connectivity index (χ3v) is 4.53. The molecule has 134 valence electrons. The molecule has 1 aliphatic rings. The zero-order chi connectivity index (χ0) is 17.8. The van der Waals surface area contributed by atoms with Gasteiger partial charge in [-0.05, 0) is 37.8 Å². The van der Waals surface area contributed by atoms with E-state index in [0.717, 1.165) is 19.4 Å². The lowest BCUT2D eigenvalue weighted by molar-refractivity contribution is 0.0656. The molecule has 7 heteroatoms. The van der Waals surface area contributed by atoms with Crippen LogP contribution >= 0.6 is 0 Å². The van der Waals surface area contributed by atoms with Gasteiger partial charge in [0.05, 0.1) is 5.56 Å². The van der Waals surface area contributed by atoms with Gasteiger partial charge in [-0.25, -0.2) is 0 Å². The number of para-hydroxylation sites is 1. The third kappa shape index (κ3) is 4.17. The molecule has 1 aromatic heterocycles. The standard InChI is InChI=1S/C18H24N4O3/c1-12(19)14-6-5-9-22(10-14)18(23)15-7-3-4-8-16(15)24-11-17-20-13(2)25-21-17/h3-4,7-8,12,14H,5-6,9-11,19H2,1-2H3. The van der Waals surface area contributed by atoms with Crippen LogP contribution < -0.4 is 10.5 Å². The van der Waals surface area contributed by atoms with Gasteiger partial charge in [0.25, 0.3) is 5.91 Å². The average Bonchev–Trinajstić information content (AvgIpc) is 3.05. The summed E-state index contributed by atoms with van der Waals surface area (Å²) in [6, 6.07) is 7.34. The summed E-state index contributed by atoms with van der Waals surface area (Å²) in [5, 5.41) is 3.80. The predicted molar refractivity (Wildman–Crippen MR) is 92.1 cm³/mol. The highest BCUT2D eigenvalue weighted by atomic mass is 16.5. The molecule has 1 aromatic carbocycles. The van der Waals surface area contributed by atoms with Crippen LogP contribution in [0, 0.1) is 12.8 Å². The van der Waals surface area contributed by atoms with E-state index in [1.54, 1.807) is 19.1 Å². The molecule has 0 aliphatic carbocycles. The monoisotopic (exact) mass is 344 g/mol. The molecule has 1 amide bonds. The van der Waals surface area contributed by atoms with Crippen molar-refractivity contribution in [2.24, 2.45) is 11.7 Å². The van der Waals surface area contributed by atoms with E-state index in [9.17, 15) is 4.79 Å². The summed E-state index contributed by atoms with van der Waals surface area (Å²) in [6.07, 6.45) is 2.04. The van der Waals surface area contributed by atoms with Gasteiger partial charge in [0.1, 0.15) is 5.75 Å². The zero-order valence-electron chi connectivity index (χ0n) is 14.6. The molecule has 2 heterocycles. The first-order chi connectivity index (χ1) is 12.0. The Morgan fingerprint density at radius 1 is 1.48 bits per heavy atom. The van der Waals surface area contributed by atoms with E-state index in [1.165, 1.54) is 0 Å². The number of aromatic nitrogens is 2. The smallest absolute Gasteiger partial charge is 0.257 e. The Balaban J connectivity index is 1.72. The second-order valence-electron chi connectivity index (χ2n) is 6.53. The number of hydrogen-bond acceptors (Lipinski definition) is 6. The topological polar surface area (TPSA) is 94.5 Å². The molecule has 1 saturated heterocycles. The van der Waals surface area contributed by atoms with Crippen molar-refractivity contribution in [3.8, 4) is 5.75 Å². The SMILES string of the molecule is Cc1nc(COc2ccccc2C(=O)N2CCCC(C(C)N)C2)no1. The number of likely N-dealkylation sites (tertiary alicyclic amines) is 1. The number of carbonyl (C=O) groups excluding carboxylic acids is 1. The first kappa shape index (κ1) is 17.4. The summed E-state index contributed by atoms with van der Waals surface area (Å²) in [6.45, 7) is 5.32. The maximum atomic E-state index is 13.0. The molecular formula is C18H24N4O3. The van der Waals surface area contributed by atoms with Gasteiger partial charge in [0, 0.05) is 26.1 Å². The fourth-order valence-corrected chi connectivity index (χ4v) is 3.11. The molecule has 0 saturated carbocycles. The summed E-state index contributed by atoms with van der Waals surface area (Å²) in [4.78, 5) is 18.9. The van der Waals surface area contributed by atoms with Crippen molar-refractivity contribution in [2.45, 2.75) is 39.3 Å². The third-order valence-electron chi connectivity index (χ3n) is 4.53. The van der Waals surface area contributed by atoms with E-state index in [2.05, 4.69) is 10.1 Å². The number of piperidine rings is 1. The van der Waals surface area contributed by atoms with Gasteiger partial charge >= 0.3 is 0 Å². The minimum Gasteiger partial charge on any atom is -0.485 e. The number of hydrogen-bond donors (Lipinski definition) is 1. The van der Waals surface area contributed by atoms with Crippen molar-refractivity contribution < 1.29 is 14.1 Å². The van der Waals surface area contributed by atoms with Crippen molar-refractivity contribution in [2.75, 3.05) is 13.1 Å². The maximum absolute atomic E-state index is 13.0. The van der Waals surface area contributed by atoms with Crippen LogP contribution in [0.4, 0.5) is 0 Å². The number of nitrogens with zero attached hydrogens (tertiary/aromatic N) is 3. The number of amides is 1. The molecule has 1 aliphatic heterocycles. The van der Waals surface area contributed by atoms with Crippen molar-refractivity contribution in [1.82, 2.24) is 15.0 Å². The van der Waals surface area contributed by atoms with Crippen LogP contribution in [0.1, 0.15) is 41.8 Å². The lowest BCUT2D eigenvalue weighted by Crippen LogP contribution is -2.45. The second-order valence-corrected chi connectivity index (χ2v) is 6.53. The maximum Gasteiger partial charge on any atom is 0.257 e. The molecule has 0 spiro atoms. The van der Waals surface area contributed by atoms with Gasteiger partial charge < -0.3 is 19.9 Å². The van der Waals surface area contributed by atoms with Crippen LogP contribution in [0.2, 0.25) is 0 Å². The minimum absolute atomic E-state index is 0.0229. The number of rotatable bonds is 5. The Hall–Kier alpha value is -2.41. The summed E-state index contributed by atoms with van der Waals surface area (Å²) in [5.41, 5.74) is 6.58. The van der Waals surface area contributed by atoms with Crippen molar-refractivity contribution in [3.63, 3.8) is 0 Å². The van der Waals surface area contributed by atoms with Gasteiger partial charge in [0.2, 0.25) is 11.7 Å². The van der Waals surface area contributed by atoms with Gasteiger partial charge in [-0.2, -0.15) is 4.98 Å². The van der Waals surface area contributed by atoms with Gasteiger partial charge in [-0.15, -0.1) is 0 Å². The Morgan fingerprint density at radius 3 is 3.00 bits per heavy atom. The number of carbonyl (C=O) groups is 1. The molecule has 3 rings (SSSR count). The van der Waals surface area contributed by atoms with Crippen LogP contribution in [-0.2, 0) is 6.61 Å². The van der Waals surface area contributed by atoms with Crippen LogP contribution in [0.5, 0.6) is 5.75 Å². The summed E-state index contributed by atoms with van der Waals surface area (Å²) in [5.74, 6) is 1.78. The number of ether oxygens (including phenoxy) is 1. The molecule has 0 radical (unpaired) electrons. The van der Waals surface area contributed by atoms with Crippen molar-refractivity contribution in [3.05, 3.63) is 41.5 Å². The highest BCUT2D eigenvalue weighted by molar-refractivity contribution is 5.97. The quantitative estimate of drug-likeness (QED) is 0.893. The van der Waals surface area contributed by atoms with Gasteiger partial charge in [-0.1, -0.05) is 17.3 Å². The lowest BCUT2D eigenvalue weighted by Gasteiger charge is -2.34. The molecule has 1 fully saturated rings. The van der Waals surface area contributed by atoms with E-state index in [1.807, 2.05) is 24.0 Å². The molecular weight excluding hydrogens is 320 g/mol. The Kier molecular flexibility index (Phi) is 5.33. The molecule has 0 bridgehead atoms. The number of nitrogens with two attached hydrogens (primary N) is 1. The average molecular weight is 344 g/mol. The zero-order valence-corrected chi connectivity index (χ0v) is 14.6. The van der Waals surface area contributed by atoms with Gasteiger partial charge in [0.15, 0.2) is 6.61 Å². The highest BCUT2D eigenvalue weighted by Gasteiger charge is 2.27. The van der Waals surface area contributed by atoms with Crippen LogP contribution in [0.15, 0.2) is 28.8 Å². The van der Waals surface area contributed by atoms with Crippen molar-refractivity contribution in [1.29, 1.82) is 0 Å². The number of benzene rings is 1. The van der Waals surface area contributed by atoms with E-state index in [0.29, 0.717) is 35.5 Å². The van der Waals surface area contributed by atoms with Crippen LogP contribution in [0.3, 0.4) is 0 Å². The lowest BCUT2D eigenvalue weighted by atomic mass is 9.92. The summed E-state index contributed by atoms with van der Waals surface area (Å²) >= 11 is 0. The Bertz CT molecular complexity index is 729. The van der Waals surface area contributed by atoms with E-state index < -0.39 is 0 Å². The molecule has 2 unspecified atom stereocenters. The summed E-state index contributed by atoms with van der Waals surface area (Å²) in [7, 11) is 0. The minimum atomic E-state index is -0.0229. The predicted octanol–water partition coefficient (Wildman–Crippen LogP) is 2.16. The van der Waals surface area contributed by atoms with E-state index in [4.69, 9.17) is 15.0 Å². The van der Waals surface area contributed by atoms with E-state index in [-0.39, 0.29) is 18.6 Å². The normalized spacial score (nSPS) is 18.8. The van der Waals surface area contributed by atoms with Crippen LogP contribution in [0.25, 0.3) is 0 Å². The Morgan fingerprint density at radius 2 is 2.28 bits per heavy atom. The number of aryl methyl sites for hydroxylation is 1. The second kappa shape index (κ2) is 7.65. The first-order valence-electron chi connectivity index (χ1n) is 8.60. The fourth-order valence-electron chi connectivity index (χ4n) is 3.11. The fraction of sp³-hybridized carbons (Fsp3) is 0.500. The largest absolute Gasteiger partial charge is 0.485 e. The van der Waals surface area contributed by atoms with Gasteiger partial charge in [-0.3, -0.25) is 4.79 Å². The first-order valence-corrected chi connectivity index (χ1v) is 8.60. The van der Waals surface area contributed by atoms with Crippen LogP contribution in [-0.4, -0.2) is 40.1 Å². The highest BCUT2D eigenvalue weighted by Crippen LogP contribution is 2.25. The molecule has 2 atom stereocenters. The Labute approximate surface area is 147 Å². The molecule has 25 heavy (non-hydrogen) atoms.